The fourth-order valence-electron chi connectivity index (χ4n) is 0.901. The van der Waals surface area contributed by atoms with Crippen molar-refractivity contribution in [3.63, 3.8) is 0 Å². The molecule has 0 aromatic heterocycles. The van der Waals surface area contributed by atoms with Crippen LogP contribution < -0.4 is 11.0 Å². The van der Waals surface area contributed by atoms with Crippen LogP contribution in [0.2, 0.25) is 0 Å². The first-order chi connectivity index (χ1) is 6.97. The van der Waals surface area contributed by atoms with Gasteiger partial charge in [0.05, 0.1) is 0 Å². The molecular formula is C10H15BrN2O2. The summed E-state index contributed by atoms with van der Waals surface area (Å²) in [5.74, 6) is -1.19. The third-order valence-electron chi connectivity index (χ3n) is 1.58. The summed E-state index contributed by atoms with van der Waals surface area (Å²) in [4.78, 5) is 4.86. The summed E-state index contributed by atoms with van der Waals surface area (Å²) in [7, 11) is 0. The van der Waals surface area contributed by atoms with Crippen molar-refractivity contribution >= 4 is 15.9 Å². The summed E-state index contributed by atoms with van der Waals surface area (Å²) in [6.45, 7) is 3.70. The molecular weight excluding hydrogens is 260 g/mol. The van der Waals surface area contributed by atoms with E-state index in [2.05, 4.69) is 26.9 Å². The van der Waals surface area contributed by atoms with Gasteiger partial charge < -0.3 is 5.11 Å². The van der Waals surface area contributed by atoms with Gasteiger partial charge in [-0.2, -0.15) is 0 Å². The predicted molar refractivity (Wildman–Crippen MR) is 61.5 cm³/mol. The summed E-state index contributed by atoms with van der Waals surface area (Å²) in [5.41, 5.74) is 6.42. The summed E-state index contributed by atoms with van der Waals surface area (Å²) in [6.07, 6.45) is 0. The molecule has 1 aromatic rings. The molecule has 0 aliphatic rings. The SMILES string of the molecule is CC(C)(O)ONNCc1ccc(Br)cc1. The van der Waals surface area contributed by atoms with E-state index in [-0.39, 0.29) is 0 Å². The van der Waals surface area contributed by atoms with Gasteiger partial charge in [0.2, 0.25) is 0 Å². The van der Waals surface area contributed by atoms with Crippen LogP contribution in [-0.2, 0) is 11.4 Å². The van der Waals surface area contributed by atoms with Crippen LogP contribution in [0.1, 0.15) is 19.4 Å². The summed E-state index contributed by atoms with van der Waals surface area (Å²) in [5, 5.41) is 9.22. The van der Waals surface area contributed by atoms with Gasteiger partial charge in [0.15, 0.2) is 5.79 Å². The highest BCUT2D eigenvalue weighted by atomic mass is 79.9. The van der Waals surface area contributed by atoms with Gasteiger partial charge in [-0.25, -0.2) is 5.43 Å². The topological polar surface area (TPSA) is 53.5 Å². The summed E-state index contributed by atoms with van der Waals surface area (Å²) in [6, 6.07) is 7.91. The third kappa shape index (κ3) is 5.86. The molecule has 5 heteroatoms. The Balaban J connectivity index is 2.23. The van der Waals surface area contributed by atoms with E-state index < -0.39 is 5.79 Å². The largest absolute Gasteiger partial charge is 0.365 e. The standard InChI is InChI=1S/C10H15BrN2O2/c1-10(2,14)15-13-12-7-8-3-5-9(11)6-4-8/h3-6,12-14H,7H2,1-2H3. The Morgan fingerprint density at radius 2 is 1.93 bits per heavy atom. The predicted octanol–water partition coefficient (Wildman–Crippen LogP) is 1.70. The van der Waals surface area contributed by atoms with E-state index in [0.717, 1.165) is 10.0 Å². The maximum atomic E-state index is 9.22. The number of hydrogen-bond acceptors (Lipinski definition) is 4. The normalized spacial score (nSPS) is 11.7. The fraction of sp³-hybridized carbons (Fsp3) is 0.400. The van der Waals surface area contributed by atoms with E-state index in [0.29, 0.717) is 6.54 Å². The Morgan fingerprint density at radius 3 is 2.47 bits per heavy atom. The van der Waals surface area contributed by atoms with Crippen molar-refractivity contribution in [2.24, 2.45) is 0 Å². The number of rotatable bonds is 5. The van der Waals surface area contributed by atoms with Gasteiger partial charge >= 0.3 is 0 Å². The zero-order valence-corrected chi connectivity index (χ0v) is 10.3. The quantitative estimate of drug-likeness (QED) is 0.435. The molecule has 0 atom stereocenters. The van der Waals surface area contributed by atoms with Crippen LogP contribution in [0.25, 0.3) is 0 Å². The van der Waals surface area contributed by atoms with Crippen molar-refractivity contribution in [3.05, 3.63) is 34.3 Å². The summed E-state index contributed by atoms with van der Waals surface area (Å²) >= 11 is 3.36. The minimum atomic E-state index is -1.19. The number of benzene rings is 1. The lowest BCUT2D eigenvalue weighted by molar-refractivity contribution is -0.226. The molecule has 0 unspecified atom stereocenters. The zero-order chi connectivity index (χ0) is 11.3. The fourth-order valence-corrected chi connectivity index (χ4v) is 1.17. The van der Waals surface area contributed by atoms with Gasteiger partial charge in [-0.3, -0.25) is 4.84 Å². The number of hydrogen-bond donors (Lipinski definition) is 3. The lowest BCUT2D eigenvalue weighted by Crippen LogP contribution is -2.39. The molecule has 0 saturated carbocycles. The Kier molecular flexibility index (Phi) is 4.69. The van der Waals surface area contributed by atoms with Crippen LogP contribution in [0.15, 0.2) is 28.7 Å². The lowest BCUT2D eigenvalue weighted by atomic mass is 10.2. The molecule has 1 aromatic carbocycles. The van der Waals surface area contributed by atoms with Crippen LogP contribution in [0.5, 0.6) is 0 Å². The summed E-state index contributed by atoms with van der Waals surface area (Å²) < 4.78 is 1.05. The van der Waals surface area contributed by atoms with Crippen LogP contribution in [0, 0.1) is 0 Å². The highest BCUT2D eigenvalue weighted by Crippen LogP contribution is 2.09. The van der Waals surface area contributed by atoms with Crippen LogP contribution in [-0.4, -0.2) is 10.9 Å². The Morgan fingerprint density at radius 1 is 1.33 bits per heavy atom. The molecule has 1 rings (SSSR count). The highest BCUT2D eigenvalue weighted by Gasteiger charge is 2.11. The number of aliphatic hydroxyl groups is 1. The lowest BCUT2D eigenvalue weighted by Gasteiger charge is -2.18. The van der Waals surface area contributed by atoms with E-state index in [1.54, 1.807) is 13.8 Å². The van der Waals surface area contributed by atoms with E-state index >= 15 is 0 Å². The first-order valence-electron chi connectivity index (χ1n) is 4.60. The van der Waals surface area contributed by atoms with E-state index in [1.807, 2.05) is 24.3 Å². The van der Waals surface area contributed by atoms with Crippen LogP contribution in [0.3, 0.4) is 0 Å². The average molecular weight is 275 g/mol. The minimum absolute atomic E-state index is 0.614. The van der Waals surface area contributed by atoms with Crippen molar-refractivity contribution in [3.8, 4) is 0 Å². The van der Waals surface area contributed by atoms with Crippen molar-refractivity contribution < 1.29 is 9.94 Å². The van der Waals surface area contributed by atoms with E-state index in [1.165, 1.54) is 0 Å². The van der Waals surface area contributed by atoms with Crippen molar-refractivity contribution in [2.45, 2.75) is 26.2 Å². The molecule has 0 aliphatic carbocycles. The van der Waals surface area contributed by atoms with Gasteiger partial charge in [0.25, 0.3) is 0 Å². The van der Waals surface area contributed by atoms with Crippen molar-refractivity contribution in [1.82, 2.24) is 11.0 Å². The first-order valence-corrected chi connectivity index (χ1v) is 5.39. The molecule has 0 heterocycles. The third-order valence-corrected chi connectivity index (χ3v) is 2.11. The molecule has 0 bridgehead atoms. The van der Waals surface area contributed by atoms with Gasteiger partial charge in [-0.1, -0.05) is 28.1 Å². The minimum Gasteiger partial charge on any atom is -0.365 e. The molecule has 0 amide bonds. The smallest absolute Gasteiger partial charge is 0.180 e. The zero-order valence-electron chi connectivity index (χ0n) is 8.75. The van der Waals surface area contributed by atoms with Crippen LogP contribution >= 0.6 is 15.9 Å². The average Bonchev–Trinajstić information content (AvgIpc) is 2.14. The van der Waals surface area contributed by atoms with Crippen LogP contribution in [0.4, 0.5) is 0 Å². The molecule has 4 nitrogen and oxygen atoms in total. The Hall–Kier alpha value is -0.460. The first kappa shape index (κ1) is 12.6. The van der Waals surface area contributed by atoms with Crippen molar-refractivity contribution in [1.29, 1.82) is 0 Å². The molecule has 0 saturated heterocycles. The maximum absolute atomic E-state index is 9.22. The van der Waals surface area contributed by atoms with Gasteiger partial charge in [0, 0.05) is 11.0 Å². The monoisotopic (exact) mass is 274 g/mol. The molecule has 0 fully saturated rings. The second kappa shape index (κ2) is 5.58. The Bertz CT molecular complexity index is 295. The van der Waals surface area contributed by atoms with Gasteiger partial charge in [-0.15, -0.1) is 5.59 Å². The molecule has 0 radical (unpaired) electrons. The second-order valence-electron chi connectivity index (χ2n) is 3.63. The number of hydrazine groups is 1. The molecule has 0 spiro atoms. The number of halogens is 1. The highest BCUT2D eigenvalue weighted by molar-refractivity contribution is 9.10. The maximum Gasteiger partial charge on any atom is 0.180 e. The molecule has 15 heavy (non-hydrogen) atoms. The Labute approximate surface area is 97.7 Å². The molecule has 3 N–H and O–H groups in total. The van der Waals surface area contributed by atoms with Gasteiger partial charge in [-0.05, 0) is 31.5 Å². The van der Waals surface area contributed by atoms with E-state index in [9.17, 15) is 5.11 Å². The van der Waals surface area contributed by atoms with Gasteiger partial charge in [0.1, 0.15) is 0 Å². The second-order valence-corrected chi connectivity index (χ2v) is 4.55. The van der Waals surface area contributed by atoms with E-state index in [4.69, 9.17) is 4.84 Å². The molecule has 84 valence electrons. The number of nitrogens with one attached hydrogen (secondary N) is 2. The van der Waals surface area contributed by atoms with Crippen molar-refractivity contribution in [2.75, 3.05) is 0 Å². The molecule has 0 aliphatic heterocycles.